The molecule has 0 N–H and O–H groups in total. The van der Waals surface area contributed by atoms with E-state index in [1.807, 2.05) is 31.9 Å². The third-order valence-corrected chi connectivity index (χ3v) is 0.707. The molecule has 0 rings (SSSR count). The first-order valence-electron chi connectivity index (χ1n) is 3.17. The van der Waals surface area contributed by atoms with Gasteiger partial charge in [-0.3, -0.25) is 0 Å². The summed E-state index contributed by atoms with van der Waals surface area (Å²) in [7, 11) is 0. The molecule has 0 amide bonds. The van der Waals surface area contributed by atoms with Gasteiger partial charge in [0.1, 0.15) is 0 Å². The maximum atomic E-state index is 10.9. The molecule has 0 radical (unpaired) electrons. The summed E-state index contributed by atoms with van der Waals surface area (Å²) in [5, 5.41) is 1.34. The number of hydrogen-bond donors (Lipinski definition) is 0. The van der Waals surface area contributed by atoms with E-state index < -0.39 is 3.74 Å². The van der Waals surface area contributed by atoms with Gasteiger partial charge < -0.3 is 0 Å². The molecule has 0 aliphatic carbocycles. The van der Waals surface area contributed by atoms with E-state index in [0.717, 1.165) is 0 Å². The molecule has 0 unspecified atom stereocenters. The molecule has 58 valence electrons. The average molecular weight is 274 g/mol. The van der Waals surface area contributed by atoms with Crippen molar-refractivity contribution >= 4 is 49.6 Å². The van der Waals surface area contributed by atoms with Crippen molar-refractivity contribution in [2.45, 2.75) is 28.6 Å². The second kappa shape index (κ2) is 8.51. The van der Waals surface area contributed by atoms with Gasteiger partial charge in [0.2, 0.25) is 0 Å². The number of hydrogen-bond acceptors (Lipinski definition) is 0. The van der Waals surface area contributed by atoms with Crippen LogP contribution in [0.5, 0.6) is 0 Å². The van der Waals surface area contributed by atoms with E-state index >= 15 is 0 Å². The van der Waals surface area contributed by atoms with Crippen LogP contribution >= 0.6 is 31.9 Å². The van der Waals surface area contributed by atoms with Crippen LogP contribution in [0.3, 0.4) is 0 Å². The van der Waals surface area contributed by atoms with Crippen LogP contribution in [0.1, 0.15) is 19.8 Å². The molecule has 0 atom stereocenters. The molecule has 10 heavy (non-hydrogen) atoms. The normalized spacial score (nSPS) is 10.3. The summed E-state index contributed by atoms with van der Waals surface area (Å²) >= 11 is 6.13. The summed E-state index contributed by atoms with van der Waals surface area (Å²) < 4.78 is 18.8. The first kappa shape index (κ1) is 14.0. The molecule has 0 bridgehead atoms. The van der Waals surface area contributed by atoms with Crippen LogP contribution in [0.2, 0.25) is 5.09 Å². The van der Waals surface area contributed by atoms with Crippen LogP contribution < -0.4 is 0 Å². The topological polar surface area (TPSA) is 0 Å². The third-order valence-electron chi connectivity index (χ3n) is 0.707. The van der Waals surface area contributed by atoms with Crippen LogP contribution in [0, 0.1) is 0 Å². The van der Waals surface area contributed by atoms with E-state index in [9.17, 15) is 8.78 Å². The van der Waals surface area contributed by atoms with E-state index in [1.54, 1.807) is 0 Å². The molecular formula is C5H9Br2F2Li. The van der Waals surface area contributed by atoms with Gasteiger partial charge in [-0.25, -0.2) is 0 Å². The van der Waals surface area contributed by atoms with E-state index in [4.69, 9.17) is 0 Å². The predicted molar refractivity (Wildman–Crippen MR) is 48.3 cm³/mol. The van der Waals surface area contributed by atoms with E-state index in [1.165, 1.54) is 17.9 Å². The Morgan fingerprint density at radius 1 is 1.40 bits per heavy atom. The Labute approximate surface area is 86.6 Å². The fourth-order valence-corrected chi connectivity index (χ4v) is 0.354. The summed E-state index contributed by atoms with van der Waals surface area (Å²) in [6.45, 7) is 2.21. The van der Waals surface area contributed by atoms with Gasteiger partial charge in [0, 0.05) is 31.9 Å². The zero-order chi connectivity index (χ0) is 8.62. The molecular weight excluding hydrogens is 265 g/mol. The Kier molecular flexibility index (Phi) is 11.9. The first-order valence-corrected chi connectivity index (χ1v) is 4.76. The Balaban J connectivity index is 0. The zero-order valence-electron chi connectivity index (χ0n) is 6.13. The first-order chi connectivity index (χ1) is 4.41. The summed E-state index contributed by atoms with van der Waals surface area (Å²) in [4.78, 5) is 0. The molecule has 0 saturated carbocycles. The van der Waals surface area contributed by atoms with Gasteiger partial charge in [-0.1, -0.05) is 0 Å². The molecule has 5 heteroatoms. The summed E-state index contributed by atoms with van der Waals surface area (Å²) in [6, 6.07) is 0. The Bertz CT molecular complexity index is 57.2. The molecule has 0 fully saturated rings. The van der Waals surface area contributed by atoms with Gasteiger partial charge >= 0.3 is 46.3 Å². The molecule has 0 saturated heterocycles. The molecule has 0 aliphatic rings. The van der Waals surface area contributed by atoms with Crippen LogP contribution in [0.15, 0.2) is 0 Å². The number of alkyl halides is 4. The third kappa shape index (κ3) is 57.1. The quantitative estimate of drug-likeness (QED) is 0.532. The Hall–Kier alpha value is 1.42. The number of rotatable bonds is 2. The molecule has 0 aromatic rings. The second-order valence-electron chi connectivity index (χ2n) is 1.78. The Morgan fingerprint density at radius 3 is 1.70 bits per heavy atom. The van der Waals surface area contributed by atoms with Crippen molar-refractivity contribution in [1.29, 1.82) is 0 Å². The molecule has 0 aromatic carbocycles. The molecule has 0 nitrogen and oxygen atoms in total. The van der Waals surface area contributed by atoms with Crippen LogP contribution in [-0.4, -0.2) is 21.5 Å². The molecule has 0 aliphatic heterocycles. The standard InChI is InChI=1S/C4H9.CBr2F2.Li/c1-3-4-2;2-1(3,4)5;/h1,3-4H2,2H3;;. The number of halogens is 4. The van der Waals surface area contributed by atoms with Gasteiger partial charge in [0.25, 0.3) is 0 Å². The van der Waals surface area contributed by atoms with Crippen molar-refractivity contribution in [1.82, 2.24) is 0 Å². The molecule has 0 spiro atoms. The second-order valence-corrected chi connectivity index (χ2v) is 4.84. The zero-order valence-corrected chi connectivity index (χ0v) is 9.31. The predicted octanol–water partition coefficient (Wildman–Crippen LogP) is 3.70. The summed E-state index contributed by atoms with van der Waals surface area (Å²) in [6.07, 6.45) is 2.73. The SMILES string of the molecule is FC(F)(Br)Br.[Li][CH2]CCC. The maximum absolute atomic E-state index is 10.9. The minimum atomic E-state index is -2.88. The van der Waals surface area contributed by atoms with Gasteiger partial charge in [0.15, 0.2) is 0 Å². The van der Waals surface area contributed by atoms with Crippen LogP contribution in [0.25, 0.3) is 0 Å². The number of unbranched alkanes of at least 4 members (excludes halogenated alkanes) is 1. The molecule has 0 heterocycles. The van der Waals surface area contributed by atoms with Gasteiger partial charge in [-0.15, -0.1) is 0 Å². The van der Waals surface area contributed by atoms with Gasteiger partial charge in [-0.05, 0) is 0 Å². The van der Waals surface area contributed by atoms with E-state index in [0.29, 0.717) is 0 Å². The monoisotopic (exact) mass is 272 g/mol. The van der Waals surface area contributed by atoms with Crippen molar-refractivity contribution in [2.75, 3.05) is 0 Å². The summed E-state index contributed by atoms with van der Waals surface area (Å²) in [5.74, 6) is 0. The van der Waals surface area contributed by atoms with Gasteiger partial charge in [-0.2, -0.15) is 8.78 Å². The van der Waals surface area contributed by atoms with Crippen LogP contribution in [-0.2, 0) is 0 Å². The summed E-state index contributed by atoms with van der Waals surface area (Å²) in [5.41, 5.74) is 0. The van der Waals surface area contributed by atoms with Crippen molar-refractivity contribution in [2.24, 2.45) is 0 Å². The van der Waals surface area contributed by atoms with Crippen molar-refractivity contribution in [3.8, 4) is 0 Å². The average Bonchev–Trinajstić information content (AvgIpc) is 1.63. The van der Waals surface area contributed by atoms with E-state index in [2.05, 4.69) is 24.6 Å². The van der Waals surface area contributed by atoms with E-state index in [-0.39, 0.29) is 0 Å². The Morgan fingerprint density at radius 2 is 1.70 bits per heavy atom. The fraction of sp³-hybridized carbons (Fsp3) is 1.00. The van der Waals surface area contributed by atoms with Gasteiger partial charge in [0.05, 0.1) is 0 Å². The molecule has 0 aromatic heterocycles. The fourth-order valence-electron chi connectivity index (χ4n) is 0.354. The van der Waals surface area contributed by atoms with Crippen molar-refractivity contribution in [3.05, 3.63) is 0 Å². The van der Waals surface area contributed by atoms with Crippen LogP contribution in [0.4, 0.5) is 8.78 Å². The van der Waals surface area contributed by atoms with Crippen molar-refractivity contribution < 1.29 is 8.78 Å². The van der Waals surface area contributed by atoms with Crippen molar-refractivity contribution in [3.63, 3.8) is 0 Å². The minimum absolute atomic E-state index is 1.34.